The molecule has 0 bridgehead atoms. The minimum Gasteiger partial charge on any atom is -0.437 e. The van der Waals surface area contributed by atoms with E-state index in [1.54, 1.807) is 0 Å². The van der Waals surface area contributed by atoms with Crippen molar-refractivity contribution in [3.05, 3.63) is 28.8 Å². The van der Waals surface area contributed by atoms with Gasteiger partial charge in [-0.05, 0) is 50.2 Å². The Balaban J connectivity index is 1.29. The standard InChI is InChI=1S/C22H29ClF3N3O2/c1-16(22(24,25)26)31-20(30)29-11-7-21(8-12-29)14-27(15-21)13-17-18(23)5-4-6-19(17)28-9-2-3-10-28/h4-6,16H,2-3,7-15H2,1H3. The van der Waals surface area contributed by atoms with Crippen molar-refractivity contribution < 1.29 is 22.7 Å². The predicted molar refractivity (Wildman–Crippen MR) is 113 cm³/mol. The maximum Gasteiger partial charge on any atom is 0.425 e. The minimum absolute atomic E-state index is 0.126. The summed E-state index contributed by atoms with van der Waals surface area (Å²) >= 11 is 6.55. The summed E-state index contributed by atoms with van der Waals surface area (Å²) in [4.78, 5) is 18.2. The van der Waals surface area contributed by atoms with Gasteiger partial charge in [-0.15, -0.1) is 0 Å². The quantitative estimate of drug-likeness (QED) is 0.640. The fourth-order valence-electron chi connectivity index (χ4n) is 4.97. The highest BCUT2D eigenvalue weighted by molar-refractivity contribution is 6.31. The molecule has 3 aliphatic rings. The van der Waals surface area contributed by atoms with E-state index in [1.165, 1.54) is 29.0 Å². The average molecular weight is 460 g/mol. The van der Waals surface area contributed by atoms with Gasteiger partial charge in [0.25, 0.3) is 0 Å². The Morgan fingerprint density at radius 2 is 1.81 bits per heavy atom. The summed E-state index contributed by atoms with van der Waals surface area (Å²) in [5.41, 5.74) is 2.52. The van der Waals surface area contributed by atoms with Crippen molar-refractivity contribution in [2.75, 3.05) is 44.2 Å². The first-order valence-electron chi connectivity index (χ1n) is 10.9. The van der Waals surface area contributed by atoms with Crippen LogP contribution in [-0.2, 0) is 11.3 Å². The number of halogens is 4. The Morgan fingerprint density at radius 1 is 1.16 bits per heavy atom. The molecule has 3 heterocycles. The number of benzene rings is 1. The molecule has 1 unspecified atom stereocenters. The molecule has 1 aromatic rings. The van der Waals surface area contributed by atoms with E-state index in [9.17, 15) is 18.0 Å². The Labute approximate surface area is 186 Å². The molecular formula is C22H29ClF3N3O2. The van der Waals surface area contributed by atoms with Crippen LogP contribution in [0.2, 0.25) is 5.02 Å². The molecule has 172 valence electrons. The number of carbonyl (C=O) groups is 1. The van der Waals surface area contributed by atoms with E-state index in [1.807, 2.05) is 12.1 Å². The third kappa shape index (κ3) is 4.90. The lowest BCUT2D eigenvalue weighted by atomic mass is 9.72. The molecule has 1 spiro atoms. The number of alkyl halides is 3. The fourth-order valence-corrected chi connectivity index (χ4v) is 5.20. The zero-order chi connectivity index (χ0) is 22.2. The molecular weight excluding hydrogens is 431 g/mol. The van der Waals surface area contributed by atoms with Gasteiger partial charge in [0.05, 0.1) is 0 Å². The maximum absolute atomic E-state index is 12.6. The Kier molecular flexibility index (Phi) is 6.32. The summed E-state index contributed by atoms with van der Waals surface area (Å²) in [6.07, 6.45) is -3.52. The van der Waals surface area contributed by atoms with Gasteiger partial charge in [0, 0.05) is 62.1 Å². The molecule has 0 radical (unpaired) electrons. The van der Waals surface area contributed by atoms with Crippen LogP contribution < -0.4 is 4.90 Å². The Morgan fingerprint density at radius 3 is 2.42 bits per heavy atom. The molecule has 31 heavy (non-hydrogen) atoms. The van der Waals surface area contributed by atoms with Gasteiger partial charge >= 0.3 is 12.3 Å². The van der Waals surface area contributed by atoms with Crippen LogP contribution >= 0.6 is 11.6 Å². The SMILES string of the molecule is CC(OC(=O)N1CCC2(CC1)CN(Cc1c(Cl)cccc1N1CCCC1)C2)C(F)(F)F. The van der Waals surface area contributed by atoms with Gasteiger partial charge in [-0.2, -0.15) is 13.2 Å². The topological polar surface area (TPSA) is 36.0 Å². The van der Waals surface area contributed by atoms with Crippen LogP contribution in [0.5, 0.6) is 0 Å². The summed E-state index contributed by atoms with van der Waals surface area (Å²) in [5, 5.41) is 0.793. The third-order valence-corrected chi connectivity index (χ3v) is 7.22. The number of nitrogens with zero attached hydrogens (tertiary/aromatic N) is 3. The van der Waals surface area contributed by atoms with E-state index in [4.69, 9.17) is 11.6 Å². The predicted octanol–water partition coefficient (Wildman–Crippen LogP) is 4.93. The van der Waals surface area contributed by atoms with Crippen molar-refractivity contribution in [2.45, 2.75) is 51.4 Å². The molecule has 1 amide bonds. The average Bonchev–Trinajstić information content (AvgIpc) is 3.22. The molecule has 0 aromatic heterocycles. The van der Waals surface area contributed by atoms with E-state index in [2.05, 4.69) is 20.6 Å². The van der Waals surface area contributed by atoms with Crippen LogP contribution in [0.15, 0.2) is 18.2 Å². The summed E-state index contributed by atoms with van der Waals surface area (Å²) in [6.45, 7) is 6.48. The monoisotopic (exact) mass is 459 g/mol. The number of hydrogen-bond acceptors (Lipinski definition) is 4. The lowest BCUT2D eigenvalue weighted by Crippen LogP contribution is -2.60. The van der Waals surface area contributed by atoms with Crippen LogP contribution in [0, 0.1) is 5.41 Å². The Bertz CT molecular complexity index is 798. The van der Waals surface area contributed by atoms with Crippen molar-refractivity contribution in [3.63, 3.8) is 0 Å². The van der Waals surface area contributed by atoms with Gasteiger partial charge in [-0.25, -0.2) is 4.79 Å². The second kappa shape index (κ2) is 8.70. The van der Waals surface area contributed by atoms with Crippen LogP contribution in [0.1, 0.15) is 38.2 Å². The number of carbonyl (C=O) groups excluding carboxylic acids is 1. The van der Waals surface area contributed by atoms with E-state index < -0.39 is 18.4 Å². The van der Waals surface area contributed by atoms with Crippen LogP contribution in [0.4, 0.5) is 23.7 Å². The molecule has 5 nitrogen and oxygen atoms in total. The summed E-state index contributed by atoms with van der Waals surface area (Å²) < 4.78 is 42.5. The van der Waals surface area contributed by atoms with Gasteiger partial charge in [0.15, 0.2) is 6.10 Å². The molecule has 1 atom stereocenters. The number of anilines is 1. The molecule has 9 heteroatoms. The van der Waals surface area contributed by atoms with Crippen molar-refractivity contribution in [2.24, 2.45) is 5.41 Å². The lowest BCUT2D eigenvalue weighted by molar-refractivity contribution is -0.200. The minimum atomic E-state index is -4.53. The second-order valence-electron chi connectivity index (χ2n) is 9.13. The van der Waals surface area contributed by atoms with Crippen LogP contribution in [-0.4, -0.2) is 67.4 Å². The summed E-state index contributed by atoms with van der Waals surface area (Å²) in [6, 6.07) is 6.09. The highest BCUT2D eigenvalue weighted by Gasteiger charge is 2.46. The molecule has 0 aliphatic carbocycles. The van der Waals surface area contributed by atoms with Crippen molar-refractivity contribution in [3.8, 4) is 0 Å². The molecule has 0 N–H and O–H groups in total. The molecule has 0 saturated carbocycles. The fraction of sp³-hybridized carbons (Fsp3) is 0.682. The summed E-state index contributed by atoms with van der Waals surface area (Å²) in [5.74, 6) is 0. The zero-order valence-corrected chi connectivity index (χ0v) is 18.5. The van der Waals surface area contributed by atoms with Gasteiger partial charge in [0.1, 0.15) is 0 Å². The molecule has 3 fully saturated rings. The number of likely N-dealkylation sites (tertiary alicyclic amines) is 2. The largest absolute Gasteiger partial charge is 0.437 e. The number of rotatable bonds is 4. The van der Waals surface area contributed by atoms with Crippen LogP contribution in [0.25, 0.3) is 0 Å². The first-order valence-corrected chi connectivity index (χ1v) is 11.3. The number of piperidine rings is 1. The number of hydrogen-bond donors (Lipinski definition) is 0. The number of ether oxygens (including phenoxy) is 1. The van der Waals surface area contributed by atoms with Crippen molar-refractivity contribution >= 4 is 23.4 Å². The molecule has 3 saturated heterocycles. The van der Waals surface area contributed by atoms with E-state index in [0.29, 0.717) is 13.1 Å². The molecule has 4 rings (SSSR count). The van der Waals surface area contributed by atoms with E-state index >= 15 is 0 Å². The van der Waals surface area contributed by atoms with Crippen molar-refractivity contribution in [1.29, 1.82) is 0 Å². The van der Waals surface area contributed by atoms with Gasteiger partial charge in [-0.1, -0.05) is 17.7 Å². The zero-order valence-electron chi connectivity index (χ0n) is 17.8. The first-order chi connectivity index (χ1) is 14.7. The summed E-state index contributed by atoms with van der Waals surface area (Å²) in [7, 11) is 0. The molecule has 3 aliphatic heterocycles. The van der Waals surface area contributed by atoms with Gasteiger partial charge in [-0.3, -0.25) is 4.90 Å². The smallest absolute Gasteiger partial charge is 0.425 e. The lowest BCUT2D eigenvalue weighted by Gasteiger charge is -2.54. The first kappa shape index (κ1) is 22.5. The van der Waals surface area contributed by atoms with Gasteiger partial charge < -0.3 is 14.5 Å². The normalized spacial score (nSPS) is 22.5. The highest BCUT2D eigenvalue weighted by atomic mass is 35.5. The Hall–Kier alpha value is -1.67. The van der Waals surface area contributed by atoms with Crippen LogP contribution in [0.3, 0.4) is 0 Å². The van der Waals surface area contributed by atoms with E-state index in [0.717, 1.165) is 57.5 Å². The van der Waals surface area contributed by atoms with E-state index in [-0.39, 0.29) is 5.41 Å². The highest BCUT2D eigenvalue weighted by Crippen LogP contribution is 2.42. The maximum atomic E-state index is 12.6. The van der Waals surface area contributed by atoms with Gasteiger partial charge in [0.2, 0.25) is 0 Å². The second-order valence-corrected chi connectivity index (χ2v) is 9.54. The third-order valence-electron chi connectivity index (χ3n) is 6.86. The van der Waals surface area contributed by atoms with Crippen molar-refractivity contribution in [1.82, 2.24) is 9.80 Å². The number of amides is 1. The molecule has 1 aromatic carbocycles.